The number of para-hydroxylation sites is 1. The molecule has 0 radical (unpaired) electrons. The minimum absolute atomic E-state index is 0.109. The third-order valence-corrected chi connectivity index (χ3v) is 5.08. The van der Waals surface area contributed by atoms with Crippen molar-refractivity contribution in [3.05, 3.63) is 66.1 Å². The van der Waals surface area contributed by atoms with E-state index in [1.165, 1.54) is 0 Å². The molecule has 0 unspecified atom stereocenters. The van der Waals surface area contributed by atoms with Crippen molar-refractivity contribution >= 4 is 16.8 Å². The second-order valence-corrected chi connectivity index (χ2v) is 6.51. The van der Waals surface area contributed by atoms with Crippen molar-refractivity contribution in [3.8, 4) is 0 Å². The minimum Gasteiger partial charge on any atom is -0.361 e. The van der Waals surface area contributed by atoms with Gasteiger partial charge in [0.25, 0.3) is 5.91 Å². The number of nitrogens with one attached hydrogen (secondary N) is 1. The van der Waals surface area contributed by atoms with Crippen molar-refractivity contribution in [2.45, 2.75) is 13.0 Å². The summed E-state index contributed by atoms with van der Waals surface area (Å²) in [5.74, 6) is 0.109. The van der Waals surface area contributed by atoms with E-state index in [-0.39, 0.29) is 11.9 Å². The Bertz CT molecular complexity index is 866. The van der Waals surface area contributed by atoms with Gasteiger partial charge >= 0.3 is 0 Å². The quantitative estimate of drug-likeness (QED) is 0.801. The molecule has 1 aliphatic rings. The Kier molecular flexibility index (Phi) is 4.24. The number of nitrogens with zero attached hydrogens (tertiary/aromatic N) is 3. The molecule has 25 heavy (non-hydrogen) atoms. The summed E-state index contributed by atoms with van der Waals surface area (Å²) in [5, 5.41) is 1.08. The van der Waals surface area contributed by atoms with Crippen LogP contribution >= 0.6 is 0 Å². The predicted octanol–water partition coefficient (Wildman–Crippen LogP) is 3.08. The lowest BCUT2D eigenvalue weighted by Gasteiger charge is -2.37. The molecule has 0 spiro atoms. The highest BCUT2D eigenvalue weighted by Gasteiger charge is 2.26. The van der Waals surface area contributed by atoms with E-state index in [4.69, 9.17) is 0 Å². The summed E-state index contributed by atoms with van der Waals surface area (Å²) in [6.07, 6.45) is 3.72. The molecule has 128 valence electrons. The number of carbonyl (C=O) groups excluding carboxylic acids is 1. The van der Waals surface area contributed by atoms with Gasteiger partial charge in [0, 0.05) is 50.0 Å². The van der Waals surface area contributed by atoms with Crippen LogP contribution in [0.2, 0.25) is 0 Å². The Morgan fingerprint density at radius 1 is 1.08 bits per heavy atom. The van der Waals surface area contributed by atoms with Crippen LogP contribution < -0.4 is 0 Å². The second-order valence-electron chi connectivity index (χ2n) is 6.51. The van der Waals surface area contributed by atoms with E-state index in [2.05, 4.69) is 27.9 Å². The third-order valence-electron chi connectivity index (χ3n) is 5.08. The molecule has 3 aromatic rings. The maximum atomic E-state index is 12.9. The van der Waals surface area contributed by atoms with Crippen LogP contribution in [-0.4, -0.2) is 51.9 Å². The molecule has 0 bridgehead atoms. The normalized spacial score (nSPS) is 16.9. The summed E-state index contributed by atoms with van der Waals surface area (Å²) in [6, 6.07) is 14.2. The molecule has 3 heterocycles. The fourth-order valence-electron chi connectivity index (χ4n) is 3.56. The zero-order chi connectivity index (χ0) is 17.2. The lowest BCUT2D eigenvalue weighted by atomic mass is 10.1. The average Bonchev–Trinajstić information content (AvgIpc) is 3.16. The standard InChI is InChI=1S/C20H22N4O/c1-15(18-7-2-3-9-21-18)23-11-13-24(14-12-23)20(25)17-6-4-5-16-8-10-22-19(16)17/h2-10,15,22H,11-14H2,1H3/t15-/m1/s1. The van der Waals surface area contributed by atoms with E-state index in [0.29, 0.717) is 0 Å². The van der Waals surface area contributed by atoms with Gasteiger partial charge in [-0.1, -0.05) is 18.2 Å². The third kappa shape index (κ3) is 3.03. The lowest BCUT2D eigenvalue weighted by molar-refractivity contribution is 0.0580. The van der Waals surface area contributed by atoms with Crippen molar-refractivity contribution in [3.63, 3.8) is 0 Å². The summed E-state index contributed by atoms with van der Waals surface area (Å²) < 4.78 is 0. The topological polar surface area (TPSA) is 52.2 Å². The first kappa shape index (κ1) is 15.8. The van der Waals surface area contributed by atoms with Gasteiger partial charge in [-0.25, -0.2) is 0 Å². The van der Waals surface area contributed by atoms with E-state index in [9.17, 15) is 4.79 Å². The van der Waals surface area contributed by atoms with Gasteiger partial charge in [-0.3, -0.25) is 14.7 Å². The van der Waals surface area contributed by atoms with Gasteiger partial charge in [-0.15, -0.1) is 0 Å². The van der Waals surface area contributed by atoms with Crippen LogP contribution in [0.5, 0.6) is 0 Å². The number of hydrogen-bond donors (Lipinski definition) is 1. The van der Waals surface area contributed by atoms with Gasteiger partial charge in [-0.05, 0) is 31.2 Å². The van der Waals surface area contributed by atoms with Crippen LogP contribution in [0, 0.1) is 0 Å². The first-order chi connectivity index (χ1) is 12.2. The summed E-state index contributed by atoms with van der Waals surface area (Å²) in [7, 11) is 0. The summed E-state index contributed by atoms with van der Waals surface area (Å²) in [6.45, 7) is 5.40. The number of aromatic nitrogens is 2. The smallest absolute Gasteiger partial charge is 0.256 e. The molecule has 1 saturated heterocycles. The first-order valence-electron chi connectivity index (χ1n) is 8.74. The molecule has 2 aromatic heterocycles. The van der Waals surface area contributed by atoms with Crippen LogP contribution in [-0.2, 0) is 0 Å². The van der Waals surface area contributed by atoms with Crippen LogP contribution in [0.25, 0.3) is 10.9 Å². The Balaban J connectivity index is 1.45. The molecule has 0 aliphatic carbocycles. The Morgan fingerprint density at radius 3 is 2.68 bits per heavy atom. The zero-order valence-electron chi connectivity index (χ0n) is 14.4. The molecule has 1 amide bonds. The number of amides is 1. The van der Waals surface area contributed by atoms with Gasteiger partial charge in [0.05, 0.1) is 16.8 Å². The zero-order valence-corrected chi connectivity index (χ0v) is 14.4. The van der Waals surface area contributed by atoms with E-state index in [0.717, 1.165) is 48.3 Å². The van der Waals surface area contributed by atoms with Crippen LogP contribution in [0.3, 0.4) is 0 Å². The SMILES string of the molecule is C[C@H](c1ccccn1)N1CCN(C(=O)c2cccc3cc[nH]c23)CC1. The number of rotatable bonds is 3. The summed E-state index contributed by atoms with van der Waals surface area (Å²) >= 11 is 0. The molecular formula is C20H22N4O. The number of H-pyrrole nitrogens is 1. The van der Waals surface area contributed by atoms with Gasteiger partial charge in [0.2, 0.25) is 0 Å². The van der Waals surface area contributed by atoms with E-state index < -0.39 is 0 Å². The highest BCUT2D eigenvalue weighted by Crippen LogP contribution is 2.22. The predicted molar refractivity (Wildman–Crippen MR) is 98.4 cm³/mol. The highest BCUT2D eigenvalue weighted by atomic mass is 16.2. The molecule has 0 saturated carbocycles. The maximum Gasteiger partial charge on any atom is 0.256 e. The lowest BCUT2D eigenvalue weighted by Crippen LogP contribution is -2.49. The molecule has 1 aliphatic heterocycles. The molecule has 1 aromatic carbocycles. The number of benzene rings is 1. The Morgan fingerprint density at radius 2 is 1.92 bits per heavy atom. The van der Waals surface area contributed by atoms with E-state index >= 15 is 0 Å². The Hall–Kier alpha value is -2.66. The van der Waals surface area contributed by atoms with Crippen molar-refractivity contribution in [2.24, 2.45) is 0 Å². The second kappa shape index (κ2) is 6.69. The number of aromatic amines is 1. The largest absolute Gasteiger partial charge is 0.361 e. The molecule has 5 heteroatoms. The summed E-state index contributed by atoms with van der Waals surface area (Å²) in [5.41, 5.74) is 2.77. The van der Waals surface area contributed by atoms with Crippen molar-refractivity contribution in [1.29, 1.82) is 0 Å². The van der Waals surface area contributed by atoms with Crippen LogP contribution in [0.4, 0.5) is 0 Å². The van der Waals surface area contributed by atoms with Crippen molar-refractivity contribution in [1.82, 2.24) is 19.8 Å². The van der Waals surface area contributed by atoms with Crippen molar-refractivity contribution in [2.75, 3.05) is 26.2 Å². The minimum atomic E-state index is 0.109. The fraction of sp³-hybridized carbons (Fsp3) is 0.300. The number of fused-ring (bicyclic) bond motifs is 1. The molecular weight excluding hydrogens is 312 g/mol. The number of piperazine rings is 1. The molecule has 4 rings (SSSR count). The molecule has 1 atom stereocenters. The molecule has 1 fully saturated rings. The number of hydrogen-bond acceptors (Lipinski definition) is 3. The van der Waals surface area contributed by atoms with Crippen LogP contribution in [0.15, 0.2) is 54.9 Å². The average molecular weight is 334 g/mol. The van der Waals surface area contributed by atoms with Crippen LogP contribution in [0.1, 0.15) is 29.0 Å². The highest BCUT2D eigenvalue weighted by molar-refractivity contribution is 6.05. The molecule has 5 nitrogen and oxygen atoms in total. The van der Waals surface area contributed by atoms with Gasteiger partial charge in [0.1, 0.15) is 0 Å². The van der Waals surface area contributed by atoms with Crippen molar-refractivity contribution < 1.29 is 4.79 Å². The monoisotopic (exact) mass is 334 g/mol. The Labute approximate surface area is 147 Å². The molecule has 1 N–H and O–H groups in total. The first-order valence-corrected chi connectivity index (χ1v) is 8.74. The van der Waals surface area contributed by atoms with E-state index in [1.807, 2.05) is 53.7 Å². The van der Waals surface area contributed by atoms with Gasteiger partial charge in [0.15, 0.2) is 0 Å². The summed E-state index contributed by atoms with van der Waals surface area (Å²) in [4.78, 5) is 24.9. The van der Waals surface area contributed by atoms with E-state index in [1.54, 1.807) is 0 Å². The maximum absolute atomic E-state index is 12.9. The number of carbonyl (C=O) groups is 1. The van der Waals surface area contributed by atoms with Gasteiger partial charge < -0.3 is 9.88 Å². The number of pyridine rings is 1. The fourth-order valence-corrected chi connectivity index (χ4v) is 3.56. The van der Waals surface area contributed by atoms with Gasteiger partial charge in [-0.2, -0.15) is 0 Å².